The standard InChI is InChI=1S/C23H23Cl2F2NO4/c1-2-21(29)14-10-19(26)23(20(27)11-14)32-13-15-12-28(8-9-31-15)22(30)7-6-16-17(24)4-3-5-18(16)25/h3-5,10-11,15H,2,6-9,12-13H2,1H3. The van der Waals surface area contributed by atoms with Crippen LogP contribution in [0.15, 0.2) is 30.3 Å². The minimum Gasteiger partial charge on any atom is -0.485 e. The highest BCUT2D eigenvalue weighted by Gasteiger charge is 2.26. The van der Waals surface area contributed by atoms with Gasteiger partial charge in [0.05, 0.1) is 13.2 Å². The van der Waals surface area contributed by atoms with Crippen molar-refractivity contribution in [3.8, 4) is 5.75 Å². The maximum Gasteiger partial charge on any atom is 0.223 e. The van der Waals surface area contributed by atoms with Crippen LogP contribution < -0.4 is 4.74 Å². The Labute approximate surface area is 195 Å². The van der Waals surface area contributed by atoms with Gasteiger partial charge in [0.1, 0.15) is 12.7 Å². The average molecular weight is 486 g/mol. The lowest BCUT2D eigenvalue weighted by molar-refractivity contribution is -0.139. The second-order valence-corrected chi connectivity index (χ2v) is 8.20. The zero-order valence-corrected chi connectivity index (χ0v) is 19.0. The molecule has 5 nitrogen and oxygen atoms in total. The zero-order chi connectivity index (χ0) is 23.3. The number of carbonyl (C=O) groups is 2. The first-order chi connectivity index (χ1) is 15.3. The van der Waals surface area contributed by atoms with Crippen molar-refractivity contribution in [3.63, 3.8) is 0 Å². The molecule has 1 aliphatic rings. The SMILES string of the molecule is CCC(=O)c1cc(F)c(OCC2CN(C(=O)CCc3c(Cl)cccc3Cl)CCO2)c(F)c1. The fourth-order valence-electron chi connectivity index (χ4n) is 3.45. The molecule has 1 amide bonds. The fraction of sp³-hybridized carbons (Fsp3) is 0.391. The van der Waals surface area contributed by atoms with Gasteiger partial charge < -0.3 is 14.4 Å². The van der Waals surface area contributed by atoms with Crippen molar-refractivity contribution in [3.05, 3.63) is 63.1 Å². The number of hydrogen-bond donors (Lipinski definition) is 0. The summed E-state index contributed by atoms with van der Waals surface area (Å²) in [5, 5.41) is 1.02. The van der Waals surface area contributed by atoms with Crippen LogP contribution in [-0.4, -0.2) is 49.0 Å². The topological polar surface area (TPSA) is 55.8 Å². The van der Waals surface area contributed by atoms with E-state index in [0.717, 1.165) is 12.1 Å². The first-order valence-corrected chi connectivity index (χ1v) is 11.0. The maximum absolute atomic E-state index is 14.2. The number of carbonyl (C=O) groups excluding carboxylic acids is 2. The third-order valence-electron chi connectivity index (χ3n) is 5.20. The molecule has 0 spiro atoms. The van der Waals surface area contributed by atoms with Crippen LogP contribution in [-0.2, 0) is 16.0 Å². The molecule has 1 heterocycles. The van der Waals surface area contributed by atoms with Crippen molar-refractivity contribution in [2.45, 2.75) is 32.3 Å². The first kappa shape index (κ1) is 24.4. The lowest BCUT2D eigenvalue weighted by Gasteiger charge is -2.33. The van der Waals surface area contributed by atoms with E-state index in [4.69, 9.17) is 32.7 Å². The number of Topliss-reactive ketones (excluding diaryl/α,β-unsaturated/α-hetero) is 1. The van der Waals surface area contributed by atoms with Crippen molar-refractivity contribution in [2.24, 2.45) is 0 Å². The van der Waals surface area contributed by atoms with Gasteiger partial charge >= 0.3 is 0 Å². The second-order valence-electron chi connectivity index (χ2n) is 7.39. The van der Waals surface area contributed by atoms with E-state index in [1.165, 1.54) is 0 Å². The molecule has 0 N–H and O–H groups in total. The molecule has 1 atom stereocenters. The lowest BCUT2D eigenvalue weighted by atomic mass is 10.1. The normalized spacial score (nSPS) is 16.2. The summed E-state index contributed by atoms with van der Waals surface area (Å²) in [7, 11) is 0. The highest BCUT2D eigenvalue weighted by molar-refractivity contribution is 6.36. The zero-order valence-electron chi connectivity index (χ0n) is 17.5. The molecule has 1 unspecified atom stereocenters. The van der Waals surface area contributed by atoms with Crippen LogP contribution in [0.25, 0.3) is 0 Å². The van der Waals surface area contributed by atoms with Crippen LogP contribution >= 0.6 is 23.2 Å². The predicted octanol–water partition coefficient (Wildman–Crippen LogP) is 5.10. The number of morpholine rings is 1. The van der Waals surface area contributed by atoms with Gasteiger partial charge in [-0.2, -0.15) is 0 Å². The second kappa shape index (κ2) is 11.1. The summed E-state index contributed by atoms with van der Waals surface area (Å²) >= 11 is 12.3. The Bertz CT molecular complexity index is 959. The van der Waals surface area contributed by atoms with Crippen molar-refractivity contribution in [2.75, 3.05) is 26.3 Å². The van der Waals surface area contributed by atoms with Gasteiger partial charge in [0.25, 0.3) is 0 Å². The van der Waals surface area contributed by atoms with E-state index in [0.29, 0.717) is 28.6 Å². The number of ether oxygens (including phenoxy) is 2. The molecule has 32 heavy (non-hydrogen) atoms. The number of amides is 1. The molecule has 0 radical (unpaired) electrons. The molecule has 0 bridgehead atoms. The van der Waals surface area contributed by atoms with Gasteiger partial charge in [-0.15, -0.1) is 0 Å². The number of benzene rings is 2. The van der Waals surface area contributed by atoms with Crippen molar-refractivity contribution < 1.29 is 27.8 Å². The Morgan fingerprint density at radius 3 is 2.47 bits per heavy atom. The van der Waals surface area contributed by atoms with Crippen LogP contribution in [0.4, 0.5) is 8.78 Å². The number of rotatable bonds is 8. The van der Waals surface area contributed by atoms with Crippen LogP contribution in [0.1, 0.15) is 35.7 Å². The average Bonchev–Trinajstić information content (AvgIpc) is 2.77. The summed E-state index contributed by atoms with van der Waals surface area (Å²) in [6, 6.07) is 7.10. The van der Waals surface area contributed by atoms with Crippen LogP contribution in [0.3, 0.4) is 0 Å². The smallest absolute Gasteiger partial charge is 0.223 e. The van der Waals surface area contributed by atoms with Crippen molar-refractivity contribution in [1.82, 2.24) is 4.90 Å². The van der Waals surface area contributed by atoms with Gasteiger partial charge in [-0.05, 0) is 36.2 Å². The number of hydrogen-bond acceptors (Lipinski definition) is 4. The van der Waals surface area contributed by atoms with E-state index in [2.05, 4.69) is 0 Å². The Balaban J connectivity index is 1.56. The van der Waals surface area contributed by atoms with E-state index in [1.807, 2.05) is 0 Å². The molecule has 2 aromatic carbocycles. The summed E-state index contributed by atoms with van der Waals surface area (Å²) in [6.07, 6.45) is 0.205. The minimum absolute atomic E-state index is 0.0424. The largest absolute Gasteiger partial charge is 0.485 e. The number of nitrogens with zero attached hydrogens (tertiary/aromatic N) is 1. The monoisotopic (exact) mass is 485 g/mol. The summed E-state index contributed by atoms with van der Waals surface area (Å²) in [4.78, 5) is 25.9. The quantitative estimate of drug-likeness (QED) is 0.487. The van der Waals surface area contributed by atoms with Gasteiger partial charge in [0.15, 0.2) is 23.2 Å². The molecule has 172 valence electrons. The van der Waals surface area contributed by atoms with E-state index >= 15 is 0 Å². The molecule has 9 heteroatoms. The summed E-state index contributed by atoms with van der Waals surface area (Å²) < 4.78 is 39.4. The van der Waals surface area contributed by atoms with E-state index in [-0.39, 0.29) is 49.9 Å². The molecule has 2 aromatic rings. The van der Waals surface area contributed by atoms with Crippen LogP contribution in [0.2, 0.25) is 10.0 Å². The number of ketones is 1. The number of halogens is 4. The van der Waals surface area contributed by atoms with Crippen molar-refractivity contribution >= 4 is 34.9 Å². The van der Waals surface area contributed by atoms with Gasteiger partial charge in [0, 0.05) is 35.0 Å². The highest BCUT2D eigenvalue weighted by atomic mass is 35.5. The molecule has 0 saturated carbocycles. The third kappa shape index (κ3) is 5.97. The Morgan fingerprint density at radius 2 is 1.84 bits per heavy atom. The molecule has 0 aliphatic carbocycles. The molecule has 0 aromatic heterocycles. The molecule has 1 fully saturated rings. The molecular formula is C23H23Cl2F2NO4. The minimum atomic E-state index is -0.956. The molecule has 3 rings (SSSR count). The van der Waals surface area contributed by atoms with E-state index in [9.17, 15) is 18.4 Å². The highest BCUT2D eigenvalue weighted by Crippen LogP contribution is 2.27. The van der Waals surface area contributed by atoms with Gasteiger partial charge in [0.2, 0.25) is 5.91 Å². The van der Waals surface area contributed by atoms with E-state index < -0.39 is 23.5 Å². The van der Waals surface area contributed by atoms with E-state index in [1.54, 1.807) is 30.0 Å². The van der Waals surface area contributed by atoms with Crippen LogP contribution in [0, 0.1) is 11.6 Å². The predicted molar refractivity (Wildman–Crippen MR) is 118 cm³/mol. The van der Waals surface area contributed by atoms with Crippen molar-refractivity contribution in [1.29, 1.82) is 0 Å². The summed E-state index contributed by atoms with van der Waals surface area (Å²) in [6.45, 7) is 2.38. The maximum atomic E-state index is 14.2. The van der Waals surface area contributed by atoms with Gasteiger partial charge in [-0.1, -0.05) is 36.2 Å². The van der Waals surface area contributed by atoms with Gasteiger partial charge in [-0.3, -0.25) is 9.59 Å². The van der Waals surface area contributed by atoms with Gasteiger partial charge in [-0.25, -0.2) is 8.78 Å². The Hall–Kier alpha value is -2.22. The summed E-state index contributed by atoms with van der Waals surface area (Å²) in [5.41, 5.74) is 0.674. The Morgan fingerprint density at radius 1 is 1.19 bits per heavy atom. The summed E-state index contributed by atoms with van der Waals surface area (Å²) in [5.74, 6) is -2.95. The lowest BCUT2D eigenvalue weighted by Crippen LogP contribution is -2.47. The van der Waals surface area contributed by atoms with Crippen LogP contribution in [0.5, 0.6) is 5.75 Å². The first-order valence-electron chi connectivity index (χ1n) is 10.3. The Kier molecular flexibility index (Phi) is 8.45. The molecule has 1 aliphatic heterocycles. The third-order valence-corrected chi connectivity index (χ3v) is 5.91. The fourth-order valence-corrected chi connectivity index (χ4v) is 4.03. The molecular weight excluding hydrogens is 463 g/mol. The molecule has 1 saturated heterocycles.